The van der Waals surface area contributed by atoms with E-state index in [9.17, 15) is 4.79 Å². The van der Waals surface area contributed by atoms with Crippen LogP contribution in [0.3, 0.4) is 0 Å². The van der Waals surface area contributed by atoms with Crippen LogP contribution in [-0.4, -0.2) is 51.5 Å². The van der Waals surface area contributed by atoms with Gasteiger partial charge in [0.25, 0.3) is 0 Å². The molecular weight excluding hydrogens is 168 g/mol. The van der Waals surface area contributed by atoms with E-state index in [4.69, 9.17) is 20.4 Å². The number of ether oxygens (including phenoxy) is 1. The van der Waals surface area contributed by atoms with Gasteiger partial charge in [-0.1, -0.05) is 0 Å². The molecule has 1 aliphatic heterocycles. The highest BCUT2D eigenvalue weighted by Crippen LogP contribution is 2.18. The van der Waals surface area contributed by atoms with E-state index in [0.29, 0.717) is 0 Å². The Kier molecular flexibility index (Phi) is 2.63. The predicted octanol–water partition coefficient (Wildman–Crippen LogP) is -2.24. The normalized spacial score (nSPS) is 42.6. The summed E-state index contributed by atoms with van der Waals surface area (Å²) in [7, 11) is 0. The number of carbonyl (C=O) groups is 1. The Morgan fingerprint density at radius 1 is 1.25 bits per heavy atom. The standard InChI is InChI=1S/C6H10O6/c7-3-2(5(9)10)1-12-6(11)4(3)8/h2-4,6-8,11H,1H2,(H,9,10). The van der Waals surface area contributed by atoms with Crippen molar-refractivity contribution in [3.8, 4) is 0 Å². The van der Waals surface area contributed by atoms with Crippen molar-refractivity contribution in [2.75, 3.05) is 6.61 Å². The first-order valence-corrected chi connectivity index (χ1v) is 3.42. The van der Waals surface area contributed by atoms with Gasteiger partial charge in [-0.05, 0) is 0 Å². The molecule has 4 unspecified atom stereocenters. The van der Waals surface area contributed by atoms with E-state index in [2.05, 4.69) is 4.74 Å². The summed E-state index contributed by atoms with van der Waals surface area (Å²) >= 11 is 0. The third-order valence-corrected chi connectivity index (χ3v) is 1.82. The summed E-state index contributed by atoms with van der Waals surface area (Å²) < 4.78 is 4.50. The van der Waals surface area contributed by atoms with E-state index in [1.807, 2.05) is 0 Å². The van der Waals surface area contributed by atoms with Crippen molar-refractivity contribution in [3.63, 3.8) is 0 Å². The van der Waals surface area contributed by atoms with Crippen LogP contribution in [0.15, 0.2) is 0 Å². The van der Waals surface area contributed by atoms with Gasteiger partial charge in [0, 0.05) is 0 Å². The zero-order valence-electron chi connectivity index (χ0n) is 6.12. The smallest absolute Gasteiger partial charge is 0.311 e. The minimum Gasteiger partial charge on any atom is -0.481 e. The van der Waals surface area contributed by atoms with Gasteiger partial charge in [0.1, 0.15) is 18.1 Å². The molecule has 0 aromatic rings. The van der Waals surface area contributed by atoms with Gasteiger partial charge in [-0.3, -0.25) is 4.79 Å². The molecule has 1 aliphatic rings. The number of carboxylic acids is 1. The molecule has 1 saturated heterocycles. The van der Waals surface area contributed by atoms with Gasteiger partial charge in [0.2, 0.25) is 0 Å². The molecule has 0 saturated carbocycles. The van der Waals surface area contributed by atoms with Crippen molar-refractivity contribution in [2.24, 2.45) is 5.92 Å². The second-order valence-electron chi connectivity index (χ2n) is 2.65. The summed E-state index contributed by atoms with van der Waals surface area (Å²) in [4.78, 5) is 10.4. The Morgan fingerprint density at radius 3 is 2.33 bits per heavy atom. The summed E-state index contributed by atoms with van der Waals surface area (Å²) in [5.74, 6) is -2.43. The largest absolute Gasteiger partial charge is 0.481 e. The maximum Gasteiger partial charge on any atom is 0.311 e. The highest BCUT2D eigenvalue weighted by atomic mass is 16.6. The molecule has 6 heteroatoms. The second kappa shape index (κ2) is 3.36. The van der Waals surface area contributed by atoms with Crippen molar-refractivity contribution in [1.82, 2.24) is 0 Å². The van der Waals surface area contributed by atoms with Crippen molar-refractivity contribution in [2.45, 2.75) is 18.5 Å². The molecule has 0 spiro atoms. The highest BCUT2D eigenvalue weighted by Gasteiger charge is 2.41. The van der Waals surface area contributed by atoms with Gasteiger partial charge in [-0.25, -0.2) is 0 Å². The number of aliphatic hydroxyl groups is 3. The van der Waals surface area contributed by atoms with Crippen LogP contribution < -0.4 is 0 Å². The van der Waals surface area contributed by atoms with Crippen LogP contribution >= 0.6 is 0 Å². The Bertz CT molecular complexity index is 181. The first-order chi connectivity index (χ1) is 5.54. The molecule has 0 radical (unpaired) electrons. The topological polar surface area (TPSA) is 107 Å². The maximum absolute atomic E-state index is 10.4. The number of aliphatic carboxylic acids is 1. The first-order valence-electron chi connectivity index (χ1n) is 3.42. The molecule has 1 rings (SSSR count). The molecule has 0 amide bonds. The summed E-state index contributed by atoms with van der Waals surface area (Å²) in [5, 5.41) is 35.4. The summed E-state index contributed by atoms with van der Waals surface area (Å²) in [5.41, 5.74) is 0. The molecule has 0 aliphatic carbocycles. The van der Waals surface area contributed by atoms with Crippen LogP contribution in [0.1, 0.15) is 0 Å². The number of rotatable bonds is 1. The summed E-state index contributed by atoms with van der Waals surface area (Å²) in [6, 6.07) is 0. The van der Waals surface area contributed by atoms with E-state index >= 15 is 0 Å². The Labute approximate surface area is 68.0 Å². The molecular formula is C6H10O6. The van der Waals surface area contributed by atoms with Gasteiger partial charge < -0.3 is 25.2 Å². The third kappa shape index (κ3) is 1.56. The van der Waals surface area contributed by atoms with E-state index in [0.717, 1.165) is 0 Å². The zero-order valence-corrected chi connectivity index (χ0v) is 6.12. The second-order valence-corrected chi connectivity index (χ2v) is 2.65. The number of hydrogen-bond donors (Lipinski definition) is 4. The number of carboxylic acid groups (broad SMARTS) is 1. The van der Waals surface area contributed by atoms with Crippen LogP contribution in [0.4, 0.5) is 0 Å². The van der Waals surface area contributed by atoms with Crippen LogP contribution in [0.25, 0.3) is 0 Å². The lowest BCUT2D eigenvalue weighted by Crippen LogP contribution is -2.52. The SMILES string of the molecule is O=C(O)C1COC(O)C(O)C1O. The quantitative estimate of drug-likeness (QED) is 0.361. The lowest BCUT2D eigenvalue weighted by molar-refractivity contribution is -0.240. The lowest BCUT2D eigenvalue weighted by Gasteiger charge is -2.32. The molecule has 4 atom stereocenters. The van der Waals surface area contributed by atoms with Crippen molar-refractivity contribution < 1.29 is 30.0 Å². The molecule has 0 bridgehead atoms. The van der Waals surface area contributed by atoms with Crippen molar-refractivity contribution in [1.29, 1.82) is 0 Å². The first kappa shape index (κ1) is 9.40. The Hall–Kier alpha value is -0.690. The molecule has 1 fully saturated rings. The molecule has 6 nitrogen and oxygen atoms in total. The van der Waals surface area contributed by atoms with E-state index in [1.54, 1.807) is 0 Å². The molecule has 1 heterocycles. The van der Waals surface area contributed by atoms with Gasteiger partial charge in [-0.2, -0.15) is 0 Å². The van der Waals surface area contributed by atoms with E-state index in [1.165, 1.54) is 0 Å². The van der Waals surface area contributed by atoms with Gasteiger partial charge in [-0.15, -0.1) is 0 Å². The van der Waals surface area contributed by atoms with Crippen LogP contribution in [0.5, 0.6) is 0 Å². The fourth-order valence-corrected chi connectivity index (χ4v) is 1.02. The lowest BCUT2D eigenvalue weighted by atomic mass is 9.96. The van der Waals surface area contributed by atoms with E-state index < -0.39 is 30.4 Å². The average Bonchev–Trinajstić information content (AvgIpc) is 2.00. The summed E-state index contributed by atoms with van der Waals surface area (Å²) in [6.45, 7) is -0.297. The maximum atomic E-state index is 10.4. The molecule has 70 valence electrons. The van der Waals surface area contributed by atoms with Gasteiger partial charge >= 0.3 is 5.97 Å². The van der Waals surface area contributed by atoms with Gasteiger partial charge in [0.15, 0.2) is 6.29 Å². The van der Waals surface area contributed by atoms with Crippen molar-refractivity contribution >= 4 is 5.97 Å². The minimum atomic E-state index is -1.56. The number of aliphatic hydroxyl groups excluding tert-OH is 3. The molecule has 4 N–H and O–H groups in total. The average molecular weight is 178 g/mol. The third-order valence-electron chi connectivity index (χ3n) is 1.82. The van der Waals surface area contributed by atoms with Gasteiger partial charge in [0.05, 0.1) is 6.61 Å². The Morgan fingerprint density at radius 2 is 1.83 bits per heavy atom. The Balaban J connectivity index is 2.65. The monoisotopic (exact) mass is 178 g/mol. The summed E-state index contributed by atoms with van der Waals surface area (Å²) in [6.07, 6.45) is -4.54. The molecule has 0 aromatic heterocycles. The molecule has 0 aromatic carbocycles. The predicted molar refractivity (Wildman–Crippen MR) is 35.1 cm³/mol. The van der Waals surface area contributed by atoms with E-state index in [-0.39, 0.29) is 6.61 Å². The molecule has 12 heavy (non-hydrogen) atoms. The minimum absolute atomic E-state index is 0.297. The zero-order chi connectivity index (χ0) is 9.30. The van der Waals surface area contributed by atoms with Crippen LogP contribution in [-0.2, 0) is 9.53 Å². The fourth-order valence-electron chi connectivity index (χ4n) is 1.02. The number of hydrogen-bond acceptors (Lipinski definition) is 5. The fraction of sp³-hybridized carbons (Fsp3) is 0.833. The van der Waals surface area contributed by atoms with Crippen molar-refractivity contribution in [3.05, 3.63) is 0 Å². The van der Waals surface area contributed by atoms with Crippen LogP contribution in [0, 0.1) is 5.92 Å². The van der Waals surface area contributed by atoms with Crippen LogP contribution in [0.2, 0.25) is 0 Å². The highest BCUT2D eigenvalue weighted by molar-refractivity contribution is 5.71.